The van der Waals surface area contributed by atoms with Gasteiger partial charge >= 0.3 is 0 Å². The molecular weight excluding hydrogens is 296 g/mol. The van der Waals surface area contributed by atoms with E-state index in [9.17, 15) is 8.42 Å². The van der Waals surface area contributed by atoms with Crippen molar-refractivity contribution in [2.45, 2.75) is 37.8 Å². The van der Waals surface area contributed by atoms with Gasteiger partial charge in [0.2, 0.25) is 10.0 Å². The Morgan fingerprint density at radius 2 is 1.85 bits per heavy atom. The SMILES string of the molecule is N[C@@H]1CCCC[C@H]1NS(=O)(=O)/C=C/c1ccc(Cl)cc1. The van der Waals surface area contributed by atoms with Gasteiger partial charge in [0.05, 0.1) is 0 Å². The molecule has 0 saturated heterocycles. The van der Waals surface area contributed by atoms with Gasteiger partial charge in [0.1, 0.15) is 0 Å². The Balaban J connectivity index is 2.01. The Morgan fingerprint density at radius 3 is 2.50 bits per heavy atom. The Bertz CT molecular complexity index is 569. The molecule has 0 unspecified atom stereocenters. The number of benzene rings is 1. The molecule has 0 spiro atoms. The van der Waals surface area contributed by atoms with Gasteiger partial charge in [-0.15, -0.1) is 0 Å². The van der Waals surface area contributed by atoms with Crippen LogP contribution in [0.25, 0.3) is 6.08 Å². The molecule has 0 amide bonds. The number of rotatable bonds is 4. The molecule has 1 aromatic rings. The maximum Gasteiger partial charge on any atom is 0.234 e. The van der Waals surface area contributed by atoms with Gasteiger partial charge in [0.15, 0.2) is 0 Å². The lowest BCUT2D eigenvalue weighted by Gasteiger charge is -2.28. The van der Waals surface area contributed by atoms with E-state index in [1.54, 1.807) is 30.3 Å². The molecule has 2 atom stereocenters. The van der Waals surface area contributed by atoms with Crippen LogP contribution in [0.4, 0.5) is 0 Å². The summed E-state index contributed by atoms with van der Waals surface area (Å²) in [5, 5.41) is 1.80. The Morgan fingerprint density at radius 1 is 1.20 bits per heavy atom. The van der Waals surface area contributed by atoms with E-state index in [4.69, 9.17) is 17.3 Å². The van der Waals surface area contributed by atoms with Gasteiger partial charge in [-0.25, -0.2) is 13.1 Å². The highest BCUT2D eigenvalue weighted by atomic mass is 35.5. The van der Waals surface area contributed by atoms with E-state index < -0.39 is 10.0 Å². The predicted octanol–water partition coefficient (Wildman–Crippen LogP) is 2.50. The van der Waals surface area contributed by atoms with Crippen LogP contribution in [0.2, 0.25) is 5.02 Å². The fraction of sp³-hybridized carbons (Fsp3) is 0.429. The zero-order valence-electron chi connectivity index (χ0n) is 11.1. The van der Waals surface area contributed by atoms with E-state index in [-0.39, 0.29) is 12.1 Å². The number of nitrogens with two attached hydrogens (primary N) is 1. The fourth-order valence-corrected chi connectivity index (χ4v) is 3.55. The maximum absolute atomic E-state index is 12.0. The summed E-state index contributed by atoms with van der Waals surface area (Å²) in [4.78, 5) is 0. The van der Waals surface area contributed by atoms with E-state index in [2.05, 4.69) is 4.72 Å². The summed E-state index contributed by atoms with van der Waals surface area (Å²) in [5.74, 6) is 0. The Hall–Kier alpha value is -0.880. The smallest absolute Gasteiger partial charge is 0.234 e. The topological polar surface area (TPSA) is 72.2 Å². The molecule has 1 aliphatic rings. The van der Waals surface area contributed by atoms with Crippen molar-refractivity contribution in [3.63, 3.8) is 0 Å². The first kappa shape index (κ1) is 15.5. The summed E-state index contributed by atoms with van der Waals surface area (Å²) < 4.78 is 26.7. The Kier molecular flexibility index (Phi) is 5.21. The normalized spacial score (nSPS) is 24.1. The van der Waals surface area contributed by atoms with Crippen molar-refractivity contribution in [2.24, 2.45) is 5.73 Å². The number of hydrogen-bond donors (Lipinski definition) is 2. The zero-order valence-corrected chi connectivity index (χ0v) is 12.7. The molecule has 1 aliphatic carbocycles. The molecule has 0 radical (unpaired) electrons. The van der Waals surface area contributed by atoms with Crippen LogP contribution in [0.15, 0.2) is 29.7 Å². The molecule has 20 heavy (non-hydrogen) atoms. The van der Waals surface area contributed by atoms with Crippen molar-refractivity contribution in [1.29, 1.82) is 0 Å². The summed E-state index contributed by atoms with van der Waals surface area (Å²) in [7, 11) is -3.47. The molecule has 0 bridgehead atoms. The van der Waals surface area contributed by atoms with Crippen LogP contribution in [-0.4, -0.2) is 20.5 Å². The molecule has 3 N–H and O–H groups in total. The molecule has 0 aromatic heterocycles. The second-order valence-electron chi connectivity index (χ2n) is 5.07. The van der Waals surface area contributed by atoms with Crippen molar-refractivity contribution in [2.75, 3.05) is 0 Å². The van der Waals surface area contributed by atoms with Crippen LogP contribution in [0.1, 0.15) is 31.2 Å². The molecule has 4 nitrogen and oxygen atoms in total. The average Bonchev–Trinajstić information content (AvgIpc) is 2.41. The standard InChI is InChI=1S/C14H19ClN2O2S/c15-12-7-5-11(6-8-12)9-10-20(18,19)17-14-4-2-1-3-13(14)16/h5-10,13-14,17H,1-4,16H2/b10-9+/t13-,14-/m1/s1. The van der Waals surface area contributed by atoms with Gasteiger partial charge in [-0.1, -0.05) is 36.6 Å². The van der Waals surface area contributed by atoms with E-state index in [0.29, 0.717) is 5.02 Å². The van der Waals surface area contributed by atoms with E-state index in [1.165, 1.54) is 5.41 Å². The second-order valence-corrected chi connectivity index (χ2v) is 7.11. The van der Waals surface area contributed by atoms with Gasteiger partial charge in [-0.3, -0.25) is 0 Å². The molecule has 2 rings (SSSR count). The summed E-state index contributed by atoms with van der Waals surface area (Å²) in [5.41, 5.74) is 6.73. The van der Waals surface area contributed by atoms with Crippen molar-refractivity contribution < 1.29 is 8.42 Å². The highest BCUT2D eigenvalue weighted by Crippen LogP contribution is 2.18. The number of hydrogen-bond acceptors (Lipinski definition) is 3. The molecule has 1 fully saturated rings. The van der Waals surface area contributed by atoms with Crippen molar-refractivity contribution in [3.05, 3.63) is 40.3 Å². The van der Waals surface area contributed by atoms with Crippen LogP contribution >= 0.6 is 11.6 Å². The van der Waals surface area contributed by atoms with Crippen LogP contribution < -0.4 is 10.5 Å². The lowest BCUT2D eigenvalue weighted by Crippen LogP contribution is -2.48. The molecule has 6 heteroatoms. The lowest BCUT2D eigenvalue weighted by atomic mass is 9.92. The van der Waals surface area contributed by atoms with Gasteiger partial charge < -0.3 is 5.73 Å². The van der Waals surface area contributed by atoms with Gasteiger partial charge in [-0.2, -0.15) is 0 Å². The van der Waals surface area contributed by atoms with Crippen molar-refractivity contribution >= 4 is 27.7 Å². The number of nitrogens with one attached hydrogen (secondary N) is 1. The van der Waals surface area contributed by atoms with Crippen LogP contribution in [0.3, 0.4) is 0 Å². The second kappa shape index (κ2) is 6.72. The highest BCUT2D eigenvalue weighted by molar-refractivity contribution is 7.92. The third-order valence-corrected chi connectivity index (χ3v) is 4.82. The quantitative estimate of drug-likeness (QED) is 0.897. The molecule has 110 valence electrons. The largest absolute Gasteiger partial charge is 0.326 e. The molecule has 1 saturated carbocycles. The number of halogens is 1. The highest BCUT2D eigenvalue weighted by Gasteiger charge is 2.24. The molecule has 0 heterocycles. The summed E-state index contributed by atoms with van der Waals surface area (Å²) in [6.45, 7) is 0. The Labute approximate surface area is 125 Å². The van der Waals surface area contributed by atoms with Gasteiger partial charge in [0, 0.05) is 22.5 Å². The minimum Gasteiger partial charge on any atom is -0.326 e. The zero-order chi connectivity index (χ0) is 14.6. The van der Waals surface area contributed by atoms with E-state index >= 15 is 0 Å². The van der Waals surface area contributed by atoms with E-state index in [1.807, 2.05) is 0 Å². The molecular formula is C14H19ClN2O2S. The van der Waals surface area contributed by atoms with Crippen molar-refractivity contribution in [3.8, 4) is 0 Å². The maximum atomic E-state index is 12.0. The summed E-state index contributed by atoms with van der Waals surface area (Å²) >= 11 is 5.78. The predicted molar refractivity (Wildman–Crippen MR) is 82.8 cm³/mol. The summed E-state index contributed by atoms with van der Waals surface area (Å²) in [6.07, 6.45) is 5.30. The van der Waals surface area contributed by atoms with Crippen LogP contribution in [0.5, 0.6) is 0 Å². The first-order valence-electron chi connectivity index (χ1n) is 6.68. The minimum atomic E-state index is -3.47. The third-order valence-electron chi connectivity index (χ3n) is 3.44. The first-order valence-corrected chi connectivity index (χ1v) is 8.60. The first-order chi connectivity index (χ1) is 9.46. The molecule has 1 aromatic carbocycles. The fourth-order valence-electron chi connectivity index (χ4n) is 2.30. The average molecular weight is 315 g/mol. The van der Waals surface area contributed by atoms with Crippen molar-refractivity contribution in [1.82, 2.24) is 4.72 Å². The third kappa shape index (κ3) is 4.59. The van der Waals surface area contributed by atoms with Crippen LogP contribution in [-0.2, 0) is 10.0 Å². The number of sulfonamides is 1. The summed E-state index contributed by atoms with van der Waals surface area (Å²) in [6, 6.07) is 6.71. The van der Waals surface area contributed by atoms with E-state index in [0.717, 1.165) is 31.2 Å². The lowest BCUT2D eigenvalue weighted by molar-refractivity contribution is 0.362. The molecule has 0 aliphatic heterocycles. The monoisotopic (exact) mass is 314 g/mol. The van der Waals surface area contributed by atoms with Gasteiger partial charge in [-0.05, 0) is 36.6 Å². The minimum absolute atomic E-state index is 0.0949. The van der Waals surface area contributed by atoms with Crippen LogP contribution in [0, 0.1) is 0 Å². The van der Waals surface area contributed by atoms with Gasteiger partial charge in [0.25, 0.3) is 0 Å².